The van der Waals surface area contributed by atoms with E-state index in [0.717, 1.165) is 23.1 Å². The number of rotatable bonds is 3. The van der Waals surface area contributed by atoms with E-state index in [1.165, 1.54) is 24.3 Å². The summed E-state index contributed by atoms with van der Waals surface area (Å²) in [5.74, 6) is -1.66. The maximum atomic E-state index is 12.9. The molecule has 146 valence electrons. The fourth-order valence-electron chi connectivity index (χ4n) is 2.86. The molecular formula is C18H11N3O8. The Balaban J connectivity index is 1.73. The summed E-state index contributed by atoms with van der Waals surface area (Å²) in [6.45, 7) is 0.00218. The molecule has 2 heterocycles. The number of urea groups is 1. The van der Waals surface area contributed by atoms with Crippen molar-refractivity contribution in [2.45, 2.75) is 0 Å². The van der Waals surface area contributed by atoms with Crippen molar-refractivity contribution >= 4 is 35.3 Å². The first kappa shape index (κ1) is 18.0. The number of nitro groups is 1. The molecule has 1 fully saturated rings. The molecule has 11 heteroatoms. The first-order valence-corrected chi connectivity index (χ1v) is 8.13. The van der Waals surface area contributed by atoms with Gasteiger partial charge in [0.25, 0.3) is 11.8 Å². The number of ether oxygens (including phenoxy) is 2. The summed E-state index contributed by atoms with van der Waals surface area (Å²) < 4.78 is 10.4. The van der Waals surface area contributed by atoms with Gasteiger partial charge in [-0.25, -0.2) is 9.69 Å². The quantitative estimate of drug-likeness (QED) is 0.344. The van der Waals surface area contributed by atoms with Crippen LogP contribution in [0, 0.1) is 10.1 Å². The minimum atomic E-state index is -0.951. The molecule has 4 amide bonds. The molecule has 2 aliphatic rings. The van der Waals surface area contributed by atoms with Gasteiger partial charge in [0.2, 0.25) is 6.79 Å². The molecule has 1 saturated heterocycles. The van der Waals surface area contributed by atoms with Crippen LogP contribution in [-0.2, 0) is 9.59 Å². The Kier molecular flexibility index (Phi) is 4.11. The number of fused-ring (bicyclic) bond motifs is 1. The third-order valence-corrected chi connectivity index (χ3v) is 4.22. The van der Waals surface area contributed by atoms with E-state index in [2.05, 4.69) is 0 Å². The Morgan fingerprint density at radius 2 is 1.86 bits per heavy atom. The summed E-state index contributed by atoms with van der Waals surface area (Å²) in [5, 5.41) is 22.6. The van der Waals surface area contributed by atoms with Gasteiger partial charge in [-0.3, -0.25) is 25.0 Å². The standard InChI is InChI=1S/C18H11N3O8/c22-13-3-1-9(6-12(13)21(26)27)5-11-16(23)19-18(25)20(17(11)24)10-2-4-14-15(7-10)29-8-28-14/h1-7,22H,8H2,(H,19,23,25)/b11-5+. The molecule has 0 saturated carbocycles. The topological polar surface area (TPSA) is 148 Å². The highest BCUT2D eigenvalue weighted by Crippen LogP contribution is 2.36. The van der Waals surface area contributed by atoms with E-state index in [4.69, 9.17) is 9.47 Å². The molecule has 11 nitrogen and oxygen atoms in total. The highest BCUT2D eigenvalue weighted by Gasteiger charge is 2.37. The maximum Gasteiger partial charge on any atom is 0.335 e. The SMILES string of the molecule is O=C1NC(=O)N(c2ccc3c(c2)OCO3)C(=O)/C1=C/c1ccc(O)c([N+](=O)[O-])c1. The zero-order valence-electron chi connectivity index (χ0n) is 14.4. The number of imide groups is 2. The van der Waals surface area contributed by atoms with Crippen molar-refractivity contribution in [3.8, 4) is 17.2 Å². The van der Waals surface area contributed by atoms with Gasteiger partial charge in [-0.1, -0.05) is 6.07 Å². The Labute approximate surface area is 161 Å². The number of nitro benzene ring substituents is 1. The molecule has 2 N–H and O–H groups in total. The Morgan fingerprint density at radius 3 is 2.62 bits per heavy atom. The zero-order chi connectivity index (χ0) is 20.7. The largest absolute Gasteiger partial charge is 0.502 e. The van der Waals surface area contributed by atoms with E-state index in [1.807, 2.05) is 5.32 Å². The molecule has 0 unspecified atom stereocenters. The van der Waals surface area contributed by atoms with E-state index >= 15 is 0 Å². The molecule has 0 aromatic heterocycles. The van der Waals surface area contributed by atoms with Gasteiger partial charge in [-0.15, -0.1) is 0 Å². The first-order valence-electron chi connectivity index (χ1n) is 8.13. The number of nitrogens with zero attached hydrogens (tertiary/aromatic N) is 2. The van der Waals surface area contributed by atoms with E-state index < -0.39 is 39.8 Å². The second kappa shape index (κ2) is 6.64. The lowest BCUT2D eigenvalue weighted by molar-refractivity contribution is -0.385. The summed E-state index contributed by atoms with van der Waals surface area (Å²) in [6, 6.07) is 6.79. The number of phenolic OH excluding ortho intramolecular Hbond substituents is 1. The normalized spacial score (nSPS) is 16.9. The number of benzene rings is 2. The molecule has 0 atom stereocenters. The Bertz CT molecular complexity index is 1120. The van der Waals surface area contributed by atoms with Crippen LogP contribution in [-0.4, -0.2) is 34.7 Å². The Morgan fingerprint density at radius 1 is 1.10 bits per heavy atom. The van der Waals surface area contributed by atoms with Crippen LogP contribution in [0.25, 0.3) is 6.08 Å². The highest BCUT2D eigenvalue weighted by molar-refractivity contribution is 6.39. The van der Waals surface area contributed by atoms with Crippen molar-refractivity contribution in [3.05, 3.63) is 57.6 Å². The third-order valence-electron chi connectivity index (χ3n) is 4.22. The van der Waals surface area contributed by atoms with E-state index in [0.29, 0.717) is 11.5 Å². The fraction of sp³-hybridized carbons (Fsp3) is 0.0556. The molecule has 0 radical (unpaired) electrons. The van der Waals surface area contributed by atoms with Crippen LogP contribution >= 0.6 is 0 Å². The van der Waals surface area contributed by atoms with Gasteiger partial charge in [-0.2, -0.15) is 0 Å². The van der Waals surface area contributed by atoms with Gasteiger partial charge in [0.15, 0.2) is 17.2 Å². The molecular weight excluding hydrogens is 386 g/mol. The molecule has 2 aromatic rings. The Hall–Kier alpha value is -4.41. The van der Waals surface area contributed by atoms with Gasteiger partial charge in [-0.05, 0) is 29.8 Å². The molecule has 29 heavy (non-hydrogen) atoms. The van der Waals surface area contributed by atoms with Crippen molar-refractivity contribution in [1.29, 1.82) is 0 Å². The third kappa shape index (κ3) is 3.10. The van der Waals surface area contributed by atoms with Gasteiger partial charge < -0.3 is 14.6 Å². The summed E-state index contributed by atoms with van der Waals surface area (Å²) in [4.78, 5) is 48.2. The number of hydrogen-bond donors (Lipinski definition) is 2. The maximum absolute atomic E-state index is 12.9. The molecule has 0 spiro atoms. The molecule has 0 aliphatic carbocycles. The number of carbonyl (C=O) groups excluding carboxylic acids is 3. The summed E-state index contributed by atoms with van der Waals surface area (Å²) in [7, 11) is 0. The smallest absolute Gasteiger partial charge is 0.335 e. The second-order valence-corrected chi connectivity index (χ2v) is 6.00. The number of carbonyl (C=O) groups is 3. The van der Waals surface area contributed by atoms with Crippen molar-refractivity contribution < 1.29 is 33.9 Å². The zero-order valence-corrected chi connectivity index (χ0v) is 14.4. The van der Waals surface area contributed by atoms with Gasteiger partial charge in [0, 0.05) is 12.1 Å². The minimum Gasteiger partial charge on any atom is -0.502 e. The van der Waals surface area contributed by atoms with E-state index in [9.17, 15) is 29.6 Å². The molecule has 0 bridgehead atoms. The number of phenols is 1. The molecule has 2 aromatic carbocycles. The number of amides is 4. The van der Waals surface area contributed by atoms with Gasteiger partial charge in [0.1, 0.15) is 5.57 Å². The predicted octanol–water partition coefficient (Wildman–Crippen LogP) is 1.70. The predicted molar refractivity (Wildman–Crippen MR) is 96.3 cm³/mol. The van der Waals surface area contributed by atoms with Gasteiger partial charge in [0.05, 0.1) is 10.6 Å². The monoisotopic (exact) mass is 397 g/mol. The van der Waals surface area contributed by atoms with Crippen molar-refractivity contribution in [1.82, 2.24) is 5.32 Å². The molecule has 2 aliphatic heterocycles. The number of hydrogen-bond acceptors (Lipinski definition) is 8. The lowest BCUT2D eigenvalue weighted by atomic mass is 10.1. The number of barbiturate groups is 1. The van der Waals surface area contributed by atoms with Crippen LogP contribution in [0.5, 0.6) is 17.2 Å². The van der Waals surface area contributed by atoms with Crippen LogP contribution in [0.3, 0.4) is 0 Å². The summed E-state index contributed by atoms with van der Waals surface area (Å²) >= 11 is 0. The summed E-state index contributed by atoms with van der Waals surface area (Å²) in [6.07, 6.45) is 1.09. The first-order chi connectivity index (χ1) is 13.8. The van der Waals surface area contributed by atoms with Crippen molar-refractivity contribution in [2.75, 3.05) is 11.7 Å². The van der Waals surface area contributed by atoms with Crippen LogP contribution in [0.15, 0.2) is 42.0 Å². The molecule has 4 rings (SSSR count). The van der Waals surface area contributed by atoms with E-state index in [-0.39, 0.29) is 18.0 Å². The number of anilines is 1. The fourth-order valence-corrected chi connectivity index (χ4v) is 2.86. The van der Waals surface area contributed by atoms with Crippen LogP contribution in [0.4, 0.5) is 16.2 Å². The van der Waals surface area contributed by atoms with Crippen molar-refractivity contribution in [3.63, 3.8) is 0 Å². The highest BCUT2D eigenvalue weighted by atomic mass is 16.7. The van der Waals surface area contributed by atoms with Gasteiger partial charge >= 0.3 is 11.7 Å². The lowest BCUT2D eigenvalue weighted by Gasteiger charge is -2.26. The number of nitrogens with one attached hydrogen (secondary N) is 1. The lowest BCUT2D eigenvalue weighted by Crippen LogP contribution is -2.54. The summed E-state index contributed by atoms with van der Waals surface area (Å²) in [5.41, 5.74) is -0.742. The van der Waals surface area contributed by atoms with Crippen LogP contribution in [0.1, 0.15) is 5.56 Å². The van der Waals surface area contributed by atoms with E-state index in [1.54, 1.807) is 0 Å². The van der Waals surface area contributed by atoms with Crippen LogP contribution in [0.2, 0.25) is 0 Å². The van der Waals surface area contributed by atoms with Crippen LogP contribution < -0.4 is 19.7 Å². The van der Waals surface area contributed by atoms with Crippen molar-refractivity contribution in [2.24, 2.45) is 0 Å². The average molecular weight is 397 g/mol. The minimum absolute atomic E-state index is 0.00218. The average Bonchev–Trinajstić information content (AvgIpc) is 3.14. The second-order valence-electron chi connectivity index (χ2n) is 6.00. The number of aromatic hydroxyl groups is 1.